The van der Waals surface area contributed by atoms with Gasteiger partial charge >= 0.3 is 0 Å². The molecule has 0 unspecified atom stereocenters. The summed E-state index contributed by atoms with van der Waals surface area (Å²) in [4.78, 5) is 14.9. The quantitative estimate of drug-likeness (QED) is 0.776. The molecule has 1 heterocycles. The standard InChI is InChI=1S/C21H28N2OS/c1-2-12-3-4-18-15(6-12)11-19(25-18)21(24)23-22-20-16-7-13-5-14(9-16)10-17(20)8-13/h11-14,16-17H,2-10H2,1H3,(H,23,24)/t12-,13?,14?,16?,17?/m0/s1. The fourth-order valence-electron chi connectivity index (χ4n) is 6.08. The highest BCUT2D eigenvalue weighted by molar-refractivity contribution is 7.14. The van der Waals surface area contributed by atoms with Gasteiger partial charge in [-0.2, -0.15) is 5.10 Å². The van der Waals surface area contributed by atoms with Gasteiger partial charge in [-0.1, -0.05) is 13.3 Å². The zero-order chi connectivity index (χ0) is 17.0. The van der Waals surface area contributed by atoms with Crippen LogP contribution in [0.15, 0.2) is 11.2 Å². The number of thiophene rings is 1. The zero-order valence-electron chi connectivity index (χ0n) is 15.1. The van der Waals surface area contributed by atoms with Crippen LogP contribution in [0, 0.1) is 29.6 Å². The SMILES string of the molecule is CC[C@H]1CCc2sc(C(=O)NN=C3C4CC5CC(C4)CC3C5)cc2C1. The lowest BCUT2D eigenvalue weighted by Crippen LogP contribution is -2.46. The van der Waals surface area contributed by atoms with E-state index in [1.807, 2.05) is 0 Å². The van der Waals surface area contributed by atoms with E-state index in [2.05, 4.69) is 23.5 Å². The van der Waals surface area contributed by atoms with Crippen LogP contribution in [0.25, 0.3) is 0 Å². The van der Waals surface area contributed by atoms with E-state index in [0.29, 0.717) is 11.8 Å². The van der Waals surface area contributed by atoms with Crippen LogP contribution in [0.1, 0.15) is 72.0 Å². The van der Waals surface area contributed by atoms with Crippen molar-refractivity contribution >= 4 is 23.0 Å². The summed E-state index contributed by atoms with van der Waals surface area (Å²) < 4.78 is 0. The third kappa shape index (κ3) is 2.87. The minimum absolute atomic E-state index is 0.00811. The molecule has 4 heteroatoms. The van der Waals surface area contributed by atoms with Crippen molar-refractivity contribution in [3.05, 3.63) is 21.4 Å². The number of hydrogen-bond donors (Lipinski definition) is 1. The molecule has 1 amide bonds. The van der Waals surface area contributed by atoms with Gasteiger partial charge < -0.3 is 0 Å². The molecule has 0 aliphatic heterocycles. The second-order valence-corrected chi connectivity index (χ2v) is 9.99. The first-order valence-corrected chi connectivity index (χ1v) is 11.0. The number of amides is 1. The van der Waals surface area contributed by atoms with E-state index in [-0.39, 0.29) is 5.91 Å². The third-order valence-electron chi connectivity index (χ3n) is 7.25. The van der Waals surface area contributed by atoms with Gasteiger partial charge in [0.05, 0.1) is 4.88 Å². The van der Waals surface area contributed by atoms with Gasteiger partial charge in [0.25, 0.3) is 5.91 Å². The lowest BCUT2D eigenvalue weighted by atomic mass is 9.55. The highest BCUT2D eigenvalue weighted by atomic mass is 32.1. The van der Waals surface area contributed by atoms with Crippen molar-refractivity contribution in [3.63, 3.8) is 0 Å². The van der Waals surface area contributed by atoms with E-state index in [1.54, 1.807) is 11.3 Å². The average Bonchev–Trinajstić information content (AvgIpc) is 3.03. The minimum atomic E-state index is 0.00811. The molecule has 1 N–H and O–H groups in total. The number of fused-ring (bicyclic) bond motifs is 1. The van der Waals surface area contributed by atoms with Crippen molar-refractivity contribution in [3.8, 4) is 0 Å². The number of nitrogens with one attached hydrogen (secondary N) is 1. The minimum Gasteiger partial charge on any atom is -0.266 e. The molecule has 5 aliphatic rings. The van der Waals surface area contributed by atoms with E-state index < -0.39 is 0 Å². The summed E-state index contributed by atoms with van der Waals surface area (Å²) in [7, 11) is 0. The summed E-state index contributed by atoms with van der Waals surface area (Å²) in [6, 6.07) is 2.13. The van der Waals surface area contributed by atoms with Crippen LogP contribution in [0.3, 0.4) is 0 Å². The molecule has 0 aromatic carbocycles. The summed E-state index contributed by atoms with van der Waals surface area (Å²) in [5.41, 5.74) is 5.65. The Bertz CT molecular complexity index is 689. The number of aryl methyl sites for hydroxylation is 1. The van der Waals surface area contributed by atoms with E-state index in [9.17, 15) is 4.79 Å². The Hall–Kier alpha value is -1.16. The molecule has 134 valence electrons. The molecule has 1 aromatic rings. The van der Waals surface area contributed by atoms with Crippen LogP contribution in [0.2, 0.25) is 0 Å². The Balaban J connectivity index is 1.29. The van der Waals surface area contributed by atoms with Gasteiger partial charge in [0.15, 0.2) is 0 Å². The Kier molecular flexibility index (Phi) is 3.99. The Morgan fingerprint density at radius 3 is 2.60 bits per heavy atom. The van der Waals surface area contributed by atoms with E-state index in [0.717, 1.165) is 35.5 Å². The van der Waals surface area contributed by atoms with Gasteiger partial charge in [0.2, 0.25) is 0 Å². The van der Waals surface area contributed by atoms with Gasteiger partial charge in [-0.25, -0.2) is 5.43 Å². The Morgan fingerprint density at radius 2 is 1.92 bits per heavy atom. The van der Waals surface area contributed by atoms with Gasteiger partial charge in [-0.05, 0) is 92.6 Å². The predicted molar refractivity (Wildman–Crippen MR) is 102 cm³/mol. The lowest BCUT2D eigenvalue weighted by molar-refractivity contribution is 0.0946. The molecule has 3 nitrogen and oxygen atoms in total. The molecule has 0 radical (unpaired) electrons. The van der Waals surface area contributed by atoms with Crippen LogP contribution in [-0.2, 0) is 12.8 Å². The topological polar surface area (TPSA) is 41.5 Å². The molecule has 5 aliphatic carbocycles. The fourth-order valence-corrected chi connectivity index (χ4v) is 7.18. The lowest BCUT2D eigenvalue weighted by Gasteiger charge is -2.50. The van der Waals surface area contributed by atoms with Gasteiger partial charge in [0, 0.05) is 10.6 Å². The number of hydrogen-bond acceptors (Lipinski definition) is 3. The first kappa shape index (κ1) is 16.0. The number of nitrogens with zero attached hydrogens (tertiary/aromatic N) is 1. The monoisotopic (exact) mass is 356 g/mol. The molecular weight excluding hydrogens is 328 g/mol. The maximum Gasteiger partial charge on any atom is 0.281 e. The van der Waals surface area contributed by atoms with Gasteiger partial charge in [0.1, 0.15) is 0 Å². The molecule has 6 rings (SSSR count). The summed E-state index contributed by atoms with van der Waals surface area (Å²) in [5, 5.41) is 4.66. The second kappa shape index (κ2) is 6.22. The van der Waals surface area contributed by atoms with Crippen molar-refractivity contribution < 1.29 is 4.79 Å². The van der Waals surface area contributed by atoms with E-state index in [1.165, 1.54) is 61.1 Å². The highest BCUT2D eigenvalue weighted by Gasteiger charge is 2.46. The Labute approximate surface area is 154 Å². The summed E-state index contributed by atoms with van der Waals surface area (Å²) in [6.07, 6.45) is 11.5. The zero-order valence-corrected chi connectivity index (χ0v) is 15.9. The van der Waals surface area contributed by atoms with Crippen molar-refractivity contribution in [1.82, 2.24) is 5.43 Å². The van der Waals surface area contributed by atoms with Crippen LogP contribution >= 0.6 is 11.3 Å². The van der Waals surface area contributed by atoms with Crippen LogP contribution < -0.4 is 5.43 Å². The maximum atomic E-state index is 12.6. The van der Waals surface area contributed by atoms with Crippen molar-refractivity contribution in [2.75, 3.05) is 0 Å². The predicted octanol–water partition coefficient (Wildman–Crippen LogP) is 4.80. The molecule has 0 spiro atoms. The van der Waals surface area contributed by atoms with Crippen LogP contribution in [0.4, 0.5) is 0 Å². The normalized spacial score (nSPS) is 35.6. The molecule has 1 atom stereocenters. The van der Waals surface area contributed by atoms with Crippen molar-refractivity contribution in [2.45, 2.75) is 64.7 Å². The highest BCUT2D eigenvalue weighted by Crippen LogP contribution is 2.52. The second-order valence-electron chi connectivity index (χ2n) is 8.86. The van der Waals surface area contributed by atoms with Gasteiger partial charge in [-0.3, -0.25) is 4.79 Å². The summed E-state index contributed by atoms with van der Waals surface area (Å²) >= 11 is 1.69. The Morgan fingerprint density at radius 1 is 1.20 bits per heavy atom. The van der Waals surface area contributed by atoms with E-state index >= 15 is 0 Å². The van der Waals surface area contributed by atoms with Gasteiger partial charge in [-0.15, -0.1) is 11.3 Å². The molecule has 4 bridgehead atoms. The molecule has 4 fully saturated rings. The molecule has 0 saturated heterocycles. The average molecular weight is 357 g/mol. The van der Waals surface area contributed by atoms with E-state index in [4.69, 9.17) is 0 Å². The molecular formula is C21H28N2OS. The molecule has 4 saturated carbocycles. The smallest absolute Gasteiger partial charge is 0.266 e. The van der Waals surface area contributed by atoms with Crippen molar-refractivity contribution in [1.29, 1.82) is 0 Å². The summed E-state index contributed by atoms with van der Waals surface area (Å²) in [6.45, 7) is 2.27. The van der Waals surface area contributed by atoms with Crippen molar-refractivity contribution in [2.24, 2.45) is 34.7 Å². The maximum absolute atomic E-state index is 12.6. The van der Waals surface area contributed by atoms with Crippen LogP contribution in [-0.4, -0.2) is 11.6 Å². The summed E-state index contributed by atoms with van der Waals surface area (Å²) in [5.74, 6) is 3.98. The number of rotatable bonds is 3. The number of carbonyl (C=O) groups is 1. The fraction of sp³-hybridized carbons (Fsp3) is 0.714. The first-order chi connectivity index (χ1) is 12.2. The molecule has 25 heavy (non-hydrogen) atoms. The largest absolute Gasteiger partial charge is 0.281 e. The first-order valence-electron chi connectivity index (χ1n) is 10.2. The molecule has 1 aromatic heterocycles. The third-order valence-corrected chi connectivity index (χ3v) is 8.48. The van der Waals surface area contributed by atoms with Crippen LogP contribution in [0.5, 0.6) is 0 Å². The number of hydrazone groups is 1. The number of carbonyl (C=O) groups excluding carboxylic acids is 1.